The van der Waals surface area contributed by atoms with Crippen LogP contribution >= 0.6 is 0 Å². The molecule has 0 saturated carbocycles. The smallest absolute Gasteiger partial charge is 0.104 e. The van der Waals surface area contributed by atoms with Gasteiger partial charge >= 0.3 is 0 Å². The number of aromatic nitrogens is 2. The SMILES string of the molecule is Cc1nc2ccc(-c3ccc(-c4c(C)cccc4C)cc3)cc2[nH]1. The van der Waals surface area contributed by atoms with Crippen LogP contribution in [0.2, 0.25) is 0 Å². The first-order valence-electron chi connectivity index (χ1n) is 8.25. The Labute approximate surface area is 142 Å². The molecule has 3 aromatic carbocycles. The van der Waals surface area contributed by atoms with E-state index in [1.165, 1.54) is 33.4 Å². The molecule has 0 fully saturated rings. The molecule has 4 rings (SSSR count). The zero-order chi connectivity index (χ0) is 16.7. The Hall–Kier alpha value is -2.87. The number of nitrogens with one attached hydrogen (secondary N) is 1. The van der Waals surface area contributed by atoms with Gasteiger partial charge in [0.1, 0.15) is 5.82 Å². The number of benzene rings is 3. The standard InChI is InChI=1S/C22H20N2/c1-14-5-4-6-15(2)22(14)18-9-7-17(8-10-18)19-11-12-20-21(13-19)24-16(3)23-20/h4-13H,1-3H3,(H,23,24). The number of hydrogen-bond acceptors (Lipinski definition) is 1. The van der Waals surface area contributed by atoms with Crippen LogP contribution < -0.4 is 0 Å². The first kappa shape index (κ1) is 14.7. The van der Waals surface area contributed by atoms with Gasteiger partial charge in [0, 0.05) is 0 Å². The molecule has 0 radical (unpaired) electrons. The maximum atomic E-state index is 4.47. The molecule has 1 N–H and O–H groups in total. The van der Waals surface area contributed by atoms with E-state index in [0.717, 1.165) is 16.9 Å². The van der Waals surface area contributed by atoms with E-state index in [1.807, 2.05) is 6.92 Å². The zero-order valence-electron chi connectivity index (χ0n) is 14.2. The van der Waals surface area contributed by atoms with E-state index in [-0.39, 0.29) is 0 Å². The van der Waals surface area contributed by atoms with Crippen LogP contribution in [0, 0.1) is 20.8 Å². The van der Waals surface area contributed by atoms with E-state index >= 15 is 0 Å². The molecule has 0 atom stereocenters. The molecule has 0 aliphatic carbocycles. The normalized spacial score (nSPS) is 11.1. The van der Waals surface area contributed by atoms with Crippen molar-refractivity contribution in [3.05, 3.63) is 77.6 Å². The number of aryl methyl sites for hydroxylation is 3. The fourth-order valence-corrected chi connectivity index (χ4v) is 3.42. The average molecular weight is 312 g/mol. The van der Waals surface area contributed by atoms with Crippen LogP contribution in [0.1, 0.15) is 17.0 Å². The van der Waals surface area contributed by atoms with E-state index in [1.54, 1.807) is 0 Å². The topological polar surface area (TPSA) is 28.7 Å². The molecule has 0 amide bonds. The Kier molecular flexibility index (Phi) is 3.46. The quantitative estimate of drug-likeness (QED) is 0.496. The highest BCUT2D eigenvalue weighted by Gasteiger charge is 2.07. The monoisotopic (exact) mass is 312 g/mol. The summed E-state index contributed by atoms with van der Waals surface area (Å²) in [5.74, 6) is 0.951. The molecule has 0 aliphatic rings. The van der Waals surface area contributed by atoms with Crippen molar-refractivity contribution in [3.8, 4) is 22.3 Å². The first-order chi connectivity index (χ1) is 11.6. The van der Waals surface area contributed by atoms with Crippen LogP contribution in [0.3, 0.4) is 0 Å². The highest BCUT2D eigenvalue weighted by atomic mass is 14.9. The summed E-state index contributed by atoms with van der Waals surface area (Å²) in [4.78, 5) is 7.78. The molecular weight excluding hydrogens is 292 g/mol. The van der Waals surface area contributed by atoms with Crippen molar-refractivity contribution in [2.75, 3.05) is 0 Å². The Morgan fingerprint density at radius 3 is 2.04 bits per heavy atom. The molecule has 0 unspecified atom stereocenters. The van der Waals surface area contributed by atoms with Gasteiger partial charge in [-0.3, -0.25) is 0 Å². The van der Waals surface area contributed by atoms with Gasteiger partial charge in [0.2, 0.25) is 0 Å². The minimum absolute atomic E-state index is 0.951. The first-order valence-corrected chi connectivity index (χ1v) is 8.25. The number of nitrogens with zero attached hydrogens (tertiary/aromatic N) is 1. The summed E-state index contributed by atoms with van der Waals surface area (Å²) < 4.78 is 0. The van der Waals surface area contributed by atoms with E-state index in [9.17, 15) is 0 Å². The predicted molar refractivity (Wildman–Crippen MR) is 101 cm³/mol. The number of hydrogen-bond donors (Lipinski definition) is 1. The second-order valence-corrected chi connectivity index (χ2v) is 6.40. The summed E-state index contributed by atoms with van der Waals surface area (Å²) in [5, 5.41) is 0. The number of H-pyrrole nitrogens is 1. The third-order valence-corrected chi connectivity index (χ3v) is 4.59. The summed E-state index contributed by atoms with van der Waals surface area (Å²) in [6.45, 7) is 6.33. The number of rotatable bonds is 2. The van der Waals surface area contributed by atoms with Crippen LogP contribution in [-0.2, 0) is 0 Å². The van der Waals surface area contributed by atoms with Crippen molar-refractivity contribution in [2.24, 2.45) is 0 Å². The van der Waals surface area contributed by atoms with Crippen molar-refractivity contribution in [2.45, 2.75) is 20.8 Å². The Morgan fingerprint density at radius 2 is 1.33 bits per heavy atom. The number of fused-ring (bicyclic) bond motifs is 1. The molecule has 118 valence electrons. The summed E-state index contributed by atoms with van der Waals surface area (Å²) in [6, 6.07) is 21.7. The third kappa shape index (κ3) is 2.50. The molecule has 0 aliphatic heterocycles. The van der Waals surface area contributed by atoms with Gasteiger partial charge in [0.05, 0.1) is 11.0 Å². The summed E-state index contributed by atoms with van der Waals surface area (Å²) in [5.41, 5.74) is 9.77. The summed E-state index contributed by atoms with van der Waals surface area (Å²) in [7, 11) is 0. The molecule has 0 saturated heterocycles. The molecule has 24 heavy (non-hydrogen) atoms. The number of imidazole rings is 1. The lowest BCUT2D eigenvalue weighted by atomic mass is 9.94. The van der Waals surface area contributed by atoms with Crippen molar-refractivity contribution in [3.63, 3.8) is 0 Å². The van der Waals surface area contributed by atoms with Crippen molar-refractivity contribution in [1.29, 1.82) is 0 Å². The lowest BCUT2D eigenvalue weighted by molar-refractivity contribution is 1.17. The second kappa shape index (κ2) is 5.64. The van der Waals surface area contributed by atoms with E-state index in [2.05, 4.69) is 84.5 Å². The van der Waals surface area contributed by atoms with Gasteiger partial charge < -0.3 is 4.98 Å². The molecule has 1 aromatic heterocycles. The third-order valence-electron chi connectivity index (χ3n) is 4.59. The van der Waals surface area contributed by atoms with Gasteiger partial charge in [-0.25, -0.2) is 4.98 Å². The van der Waals surface area contributed by atoms with Gasteiger partial charge in [0.25, 0.3) is 0 Å². The van der Waals surface area contributed by atoms with Gasteiger partial charge in [0.15, 0.2) is 0 Å². The van der Waals surface area contributed by atoms with Crippen molar-refractivity contribution in [1.82, 2.24) is 9.97 Å². The van der Waals surface area contributed by atoms with Crippen LogP contribution in [0.5, 0.6) is 0 Å². The summed E-state index contributed by atoms with van der Waals surface area (Å²) >= 11 is 0. The van der Waals surface area contributed by atoms with Crippen LogP contribution in [0.4, 0.5) is 0 Å². The maximum absolute atomic E-state index is 4.47. The van der Waals surface area contributed by atoms with Gasteiger partial charge in [-0.2, -0.15) is 0 Å². The van der Waals surface area contributed by atoms with Crippen LogP contribution in [-0.4, -0.2) is 9.97 Å². The van der Waals surface area contributed by atoms with E-state index < -0.39 is 0 Å². The van der Waals surface area contributed by atoms with Crippen molar-refractivity contribution < 1.29 is 0 Å². The number of aromatic amines is 1. The van der Waals surface area contributed by atoms with E-state index in [4.69, 9.17) is 0 Å². The van der Waals surface area contributed by atoms with Gasteiger partial charge in [-0.15, -0.1) is 0 Å². The lowest BCUT2D eigenvalue weighted by Crippen LogP contribution is -1.88. The molecule has 2 nitrogen and oxygen atoms in total. The average Bonchev–Trinajstić information content (AvgIpc) is 2.94. The Balaban J connectivity index is 1.75. The molecular formula is C22H20N2. The highest BCUT2D eigenvalue weighted by molar-refractivity contribution is 5.83. The van der Waals surface area contributed by atoms with Gasteiger partial charge in [-0.05, 0) is 66.3 Å². The van der Waals surface area contributed by atoms with Crippen molar-refractivity contribution >= 4 is 11.0 Å². The van der Waals surface area contributed by atoms with Crippen LogP contribution in [0.15, 0.2) is 60.7 Å². The predicted octanol–water partition coefficient (Wildman–Crippen LogP) is 5.82. The minimum Gasteiger partial charge on any atom is -0.342 e. The molecule has 2 heteroatoms. The fraction of sp³-hybridized carbons (Fsp3) is 0.136. The minimum atomic E-state index is 0.951. The zero-order valence-corrected chi connectivity index (χ0v) is 14.2. The second-order valence-electron chi connectivity index (χ2n) is 6.40. The lowest BCUT2D eigenvalue weighted by Gasteiger charge is -2.11. The highest BCUT2D eigenvalue weighted by Crippen LogP contribution is 2.30. The molecule has 1 heterocycles. The largest absolute Gasteiger partial charge is 0.342 e. The maximum Gasteiger partial charge on any atom is 0.104 e. The van der Waals surface area contributed by atoms with E-state index in [0.29, 0.717) is 0 Å². The Bertz CT molecular complexity index is 1000. The Morgan fingerprint density at radius 1 is 0.708 bits per heavy atom. The van der Waals surface area contributed by atoms with Gasteiger partial charge in [-0.1, -0.05) is 48.5 Å². The summed E-state index contributed by atoms with van der Waals surface area (Å²) in [6.07, 6.45) is 0. The fourth-order valence-electron chi connectivity index (χ4n) is 3.42. The molecule has 0 bridgehead atoms. The van der Waals surface area contributed by atoms with Crippen LogP contribution in [0.25, 0.3) is 33.3 Å². The molecule has 0 spiro atoms. The molecule has 4 aromatic rings.